The smallest absolute Gasteiger partial charge is 0.301 e. The number of benzene rings is 2. The summed E-state index contributed by atoms with van der Waals surface area (Å²) in [6, 6.07) is 12.2. The molecule has 1 atom stereocenters. The van der Waals surface area contributed by atoms with Gasteiger partial charge in [-0.2, -0.15) is 0 Å². The van der Waals surface area contributed by atoms with E-state index in [1.807, 2.05) is 0 Å². The summed E-state index contributed by atoms with van der Waals surface area (Å²) >= 11 is 1.06. The summed E-state index contributed by atoms with van der Waals surface area (Å²) in [5.41, 5.74) is 1.11. The van der Waals surface area contributed by atoms with Gasteiger partial charge >= 0.3 is 5.91 Å². The predicted octanol–water partition coefficient (Wildman–Crippen LogP) is 4.16. The van der Waals surface area contributed by atoms with Crippen LogP contribution in [-0.4, -0.2) is 31.9 Å². The number of rotatable bonds is 3. The van der Waals surface area contributed by atoms with Gasteiger partial charge in [-0.15, -0.1) is 0 Å². The van der Waals surface area contributed by atoms with E-state index in [9.17, 15) is 24.2 Å². The molecule has 1 unspecified atom stereocenters. The maximum Gasteiger partial charge on any atom is 0.301 e. The zero-order valence-corrected chi connectivity index (χ0v) is 17.1. The minimum Gasteiger partial charge on any atom is -0.508 e. The van der Waals surface area contributed by atoms with Crippen molar-refractivity contribution in [3.8, 4) is 5.75 Å². The lowest BCUT2D eigenvalue weighted by Gasteiger charge is -2.22. The van der Waals surface area contributed by atoms with Crippen LogP contribution in [0.1, 0.15) is 17.2 Å². The molecule has 2 aromatic carbocycles. The van der Waals surface area contributed by atoms with Crippen molar-refractivity contribution < 1.29 is 24.2 Å². The molecule has 158 valence electrons. The van der Waals surface area contributed by atoms with Crippen LogP contribution in [0.5, 0.6) is 5.75 Å². The molecule has 1 fully saturated rings. The first-order chi connectivity index (χ1) is 15.4. The van der Waals surface area contributed by atoms with E-state index in [0.717, 1.165) is 11.3 Å². The van der Waals surface area contributed by atoms with E-state index in [-0.39, 0.29) is 27.8 Å². The highest BCUT2D eigenvalue weighted by Crippen LogP contribution is 2.44. The van der Waals surface area contributed by atoms with Crippen molar-refractivity contribution in [1.29, 1.82) is 0 Å². The van der Waals surface area contributed by atoms with Crippen molar-refractivity contribution in [2.75, 3.05) is 4.90 Å². The molecule has 9 heteroatoms. The Balaban J connectivity index is 1.73. The number of phenols is 1. The molecule has 0 radical (unpaired) electrons. The summed E-state index contributed by atoms with van der Waals surface area (Å²) in [5, 5.41) is 20.8. The Morgan fingerprint density at radius 3 is 2.59 bits per heavy atom. The van der Waals surface area contributed by atoms with Crippen molar-refractivity contribution >= 4 is 44.1 Å². The first-order valence-corrected chi connectivity index (χ1v) is 10.3. The minimum atomic E-state index is -0.999. The minimum absolute atomic E-state index is 0.00780. The van der Waals surface area contributed by atoms with Crippen LogP contribution in [-0.2, 0) is 9.59 Å². The fourth-order valence-electron chi connectivity index (χ4n) is 3.65. The molecule has 1 aliphatic rings. The van der Waals surface area contributed by atoms with Gasteiger partial charge in [-0.05, 0) is 48.0 Å². The molecule has 1 saturated heterocycles. The average Bonchev–Trinajstić information content (AvgIpc) is 3.32. The maximum absolute atomic E-state index is 13.7. The summed E-state index contributed by atoms with van der Waals surface area (Å²) in [4.78, 5) is 35.7. The second kappa shape index (κ2) is 7.54. The molecule has 0 aliphatic carbocycles. The topological polar surface area (TPSA) is 104 Å². The van der Waals surface area contributed by atoms with Crippen molar-refractivity contribution in [2.45, 2.75) is 6.04 Å². The molecular weight excluding hydrogens is 433 g/mol. The van der Waals surface area contributed by atoms with Crippen LogP contribution in [0.3, 0.4) is 0 Å². The van der Waals surface area contributed by atoms with E-state index in [4.69, 9.17) is 0 Å². The van der Waals surface area contributed by atoms with Crippen LogP contribution in [0.15, 0.2) is 72.6 Å². The Labute approximate surface area is 184 Å². The number of phenolic OH excluding ortho intramolecular Hbond substituents is 1. The number of fused-ring (bicyclic) bond motifs is 1. The Kier molecular flexibility index (Phi) is 4.67. The summed E-state index contributed by atoms with van der Waals surface area (Å²) in [6.07, 6.45) is 2.91. The monoisotopic (exact) mass is 447 g/mol. The van der Waals surface area contributed by atoms with Gasteiger partial charge in [0.1, 0.15) is 17.3 Å². The second-order valence-corrected chi connectivity index (χ2v) is 8.12. The van der Waals surface area contributed by atoms with Gasteiger partial charge in [0.05, 0.1) is 21.8 Å². The standard InChI is InChI=1S/C23H14FN3O4S/c24-14-5-8-16-17(10-14)32-23(26-16)27-19(12-3-6-15(28)7-4-12)18(21(30)22(27)31)20(29)13-2-1-9-25-11-13/h1-11,19,28-29H/b20-18+. The molecule has 1 amide bonds. The Morgan fingerprint density at radius 2 is 1.88 bits per heavy atom. The van der Waals surface area contributed by atoms with Gasteiger partial charge in [0, 0.05) is 18.0 Å². The largest absolute Gasteiger partial charge is 0.508 e. The first-order valence-electron chi connectivity index (χ1n) is 9.50. The highest BCUT2D eigenvalue weighted by atomic mass is 32.1. The van der Waals surface area contributed by atoms with Gasteiger partial charge in [-0.1, -0.05) is 23.5 Å². The molecule has 32 heavy (non-hydrogen) atoms. The van der Waals surface area contributed by atoms with Crippen LogP contribution >= 0.6 is 11.3 Å². The quantitative estimate of drug-likeness (QED) is 0.278. The molecule has 5 rings (SSSR count). The lowest BCUT2D eigenvalue weighted by atomic mass is 9.96. The van der Waals surface area contributed by atoms with Gasteiger partial charge in [0.25, 0.3) is 5.78 Å². The average molecular weight is 447 g/mol. The number of ketones is 1. The summed E-state index contributed by atoms with van der Waals surface area (Å²) in [6.45, 7) is 0. The number of pyridine rings is 1. The molecular formula is C23H14FN3O4S. The number of halogens is 1. The number of hydrogen-bond acceptors (Lipinski definition) is 7. The molecule has 4 aromatic rings. The number of thiazole rings is 1. The molecule has 0 bridgehead atoms. The van der Waals surface area contributed by atoms with Crippen molar-refractivity contribution in [1.82, 2.24) is 9.97 Å². The second-order valence-electron chi connectivity index (χ2n) is 7.11. The third-order valence-electron chi connectivity index (χ3n) is 5.13. The van der Waals surface area contributed by atoms with Gasteiger partial charge in [0.15, 0.2) is 5.13 Å². The zero-order chi connectivity index (χ0) is 22.4. The van der Waals surface area contributed by atoms with E-state index in [0.29, 0.717) is 15.8 Å². The molecule has 0 spiro atoms. The van der Waals surface area contributed by atoms with Crippen molar-refractivity contribution in [2.24, 2.45) is 0 Å². The molecule has 0 saturated carbocycles. The van der Waals surface area contributed by atoms with E-state index >= 15 is 0 Å². The Bertz CT molecular complexity index is 1400. The lowest BCUT2D eigenvalue weighted by Crippen LogP contribution is -2.29. The Morgan fingerprint density at radius 1 is 1.09 bits per heavy atom. The van der Waals surface area contributed by atoms with Crippen molar-refractivity contribution in [3.63, 3.8) is 0 Å². The summed E-state index contributed by atoms with van der Waals surface area (Å²) < 4.78 is 14.2. The van der Waals surface area contributed by atoms with Crippen LogP contribution in [0.4, 0.5) is 9.52 Å². The Hall–Kier alpha value is -4.11. The number of hydrogen-bond donors (Lipinski definition) is 2. The number of aromatic nitrogens is 2. The van der Waals surface area contributed by atoms with Crippen LogP contribution in [0, 0.1) is 5.82 Å². The van der Waals surface area contributed by atoms with Gasteiger partial charge in [0.2, 0.25) is 0 Å². The molecule has 2 aromatic heterocycles. The number of amides is 1. The van der Waals surface area contributed by atoms with Gasteiger partial charge < -0.3 is 10.2 Å². The van der Waals surface area contributed by atoms with Crippen LogP contribution in [0.25, 0.3) is 16.0 Å². The summed E-state index contributed by atoms with van der Waals surface area (Å²) in [5.74, 6) is -2.55. The third kappa shape index (κ3) is 3.19. The highest BCUT2D eigenvalue weighted by molar-refractivity contribution is 7.22. The van der Waals surface area contributed by atoms with Crippen LogP contribution < -0.4 is 4.90 Å². The SMILES string of the molecule is O=C1C(=O)N(c2nc3ccc(F)cc3s2)C(c2ccc(O)cc2)/C1=C(\O)c1cccnc1. The highest BCUT2D eigenvalue weighted by Gasteiger charge is 2.48. The number of anilines is 1. The molecule has 2 N–H and O–H groups in total. The number of Topliss-reactive ketones (excluding diaryl/α,β-unsaturated/α-hetero) is 1. The van der Waals surface area contributed by atoms with Gasteiger partial charge in [-0.3, -0.25) is 19.5 Å². The van der Waals surface area contributed by atoms with Crippen molar-refractivity contribution in [3.05, 3.63) is 89.5 Å². The van der Waals surface area contributed by atoms with E-state index in [1.54, 1.807) is 24.3 Å². The normalized spacial score (nSPS) is 17.9. The number of aromatic hydroxyl groups is 1. The fourth-order valence-corrected chi connectivity index (χ4v) is 4.67. The summed E-state index contributed by atoms with van der Waals surface area (Å²) in [7, 11) is 0. The predicted molar refractivity (Wildman–Crippen MR) is 117 cm³/mol. The van der Waals surface area contributed by atoms with Crippen LogP contribution in [0.2, 0.25) is 0 Å². The first kappa shape index (κ1) is 19.8. The number of aliphatic hydroxyl groups excluding tert-OH is 1. The number of carbonyl (C=O) groups excluding carboxylic acids is 2. The molecule has 7 nitrogen and oxygen atoms in total. The number of nitrogens with zero attached hydrogens (tertiary/aromatic N) is 3. The van der Waals surface area contributed by atoms with Gasteiger partial charge in [-0.25, -0.2) is 9.37 Å². The van der Waals surface area contributed by atoms with E-state index in [2.05, 4.69) is 9.97 Å². The fraction of sp³-hybridized carbons (Fsp3) is 0.0435. The lowest BCUT2D eigenvalue weighted by molar-refractivity contribution is -0.132. The third-order valence-corrected chi connectivity index (χ3v) is 6.15. The van der Waals surface area contributed by atoms with E-state index in [1.165, 1.54) is 47.6 Å². The molecule has 1 aliphatic heterocycles. The van der Waals surface area contributed by atoms with E-state index < -0.39 is 23.5 Å². The maximum atomic E-state index is 13.7. The number of carbonyl (C=O) groups is 2. The molecule has 3 heterocycles. The number of aliphatic hydroxyl groups is 1. The zero-order valence-electron chi connectivity index (χ0n) is 16.3.